The summed E-state index contributed by atoms with van der Waals surface area (Å²) < 4.78 is 7.08. The third-order valence-corrected chi connectivity index (χ3v) is 2.04. The Morgan fingerprint density at radius 1 is 1.69 bits per heavy atom. The molecule has 16 heavy (non-hydrogen) atoms. The Morgan fingerprint density at radius 3 is 2.88 bits per heavy atom. The van der Waals surface area contributed by atoms with Gasteiger partial charge in [0.05, 0.1) is 25.0 Å². The van der Waals surface area contributed by atoms with Crippen molar-refractivity contribution in [3.63, 3.8) is 0 Å². The molecule has 1 aromatic heterocycles. The van der Waals surface area contributed by atoms with E-state index in [4.69, 9.17) is 10.5 Å². The lowest BCUT2D eigenvalue weighted by Gasteiger charge is -2.11. The molecule has 0 saturated carbocycles. The molecule has 90 valence electrons. The van der Waals surface area contributed by atoms with Gasteiger partial charge in [0.25, 0.3) is 0 Å². The van der Waals surface area contributed by atoms with Crippen LogP contribution in [-0.2, 0) is 11.3 Å². The first-order valence-electron chi connectivity index (χ1n) is 5.18. The number of aromatic nitrogens is 2. The number of ether oxygens (including phenoxy) is 1. The monoisotopic (exact) mass is 226 g/mol. The van der Waals surface area contributed by atoms with E-state index < -0.39 is 11.9 Å². The molecule has 0 radical (unpaired) electrons. The first-order valence-corrected chi connectivity index (χ1v) is 5.18. The number of amides is 1. The van der Waals surface area contributed by atoms with Gasteiger partial charge in [-0.05, 0) is 20.9 Å². The number of hydrogen-bond donors (Lipinski definition) is 2. The average molecular weight is 226 g/mol. The fraction of sp³-hybridized carbons (Fsp3) is 0.600. The summed E-state index contributed by atoms with van der Waals surface area (Å²) in [6, 6.07) is -0.424. The first-order chi connectivity index (χ1) is 7.52. The third-order valence-electron chi connectivity index (χ3n) is 2.04. The Morgan fingerprint density at radius 2 is 2.38 bits per heavy atom. The zero-order valence-electron chi connectivity index (χ0n) is 9.80. The Hall–Kier alpha value is -1.56. The minimum atomic E-state index is -0.424. The Kier molecular flexibility index (Phi) is 4.30. The summed E-state index contributed by atoms with van der Waals surface area (Å²) >= 11 is 0. The van der Waals surface area contributed by atoms with Crippen molar-refractivity contribution in [1.29, 1.82) is 0 Å². The van der Waals surface area contributed by atoms with E-state index in [9.17, 15) is 4.79 Å². The molecule has 0 saturated heterocycles. The smallest absolute Gasteiger partial charge is 0.236 e. The van der Waals surface area contributed by atoms with Crippen molar-refractivity contribution in [3.8, 4) is 5.75 Å². The number of rotatable bonds is 6. The van der Waals surface area contributed by atoms with Crippen LogP contribution in [-0.4, -0.2) is 34.9 Å². The number of nitrogens with zero attached hydrogens (tertiary/aromatic N) is 2. The third kappa shape index (κ3) is 3.54. The van der Waals surface area contributed by atoms with Crippen molar-refractivity contribution in [3.05, 3.63) is 12.4 Å². The van der Waals surface area contributed by atoms with Gasteiger partial charge < -0.3 is 15.8 Å². The van der Waals surface area contributed by atoms with Gasteiger partial charge in [-0.25, -0.2) is 0 Å². The molecule has 0 bridgehead atoms. The molecule has 0 aliphatic carbocycles. The topological polar surface area (TPSA) is 82.2 Å². The van der Waals surface area contributed by atoms with Crippen LogP contribution in [0.4, 0.5) is 0 Å². The molecule has 0 aliphatic heterocycles. The molecule has 0 aromatic carbocycles. The van der Waals surface area contributed by atoms with Crippen LogP contribution in [0.25, 0.3) is 0 Å². The summed E-state index contributed by atoms with van der Waals surface area (Å²) in [6.07, 6.45) is 3.47. The van der Waals surface area contributed by atoms with Gasteiger partial charge in [-0.1, -0.05) is 0 Å². The zero-order valence-corrected chi connectivity index (χ0v) is 9.80. The van der Waals surface area contributed by atoms with Crippen molar-refractivity contribution in [2.24, 2.45) is 5.73 Å². The van der Waals surface area contributed by atoms with Crippen molar-refractivity contribution in [2.45, 2.75) is 32.5 Å². The molecule has 6 nitrogen and oxygen atoms in total. The predicted molar refractivity (Wildman–Crippen MR) is 60.0 cm³/mol. The Bertz CT molecular complexity index is 348. The second-order valence-electron chi connectivity index (χ2n) is 3.81. The molecule has 3 N–H and O–H groups in total. The van der Waals surface area contributed by atoms with Crippen molar-refractivity contribution >= 4 is 5.91 Å². The fourth-order valence-electron chi connectivity index (χ4n) is 1.29. The highest BCUT2D eigenvalue weighted by molar-refractivity contribution is 5.79. The fourth-order valence-corrected chi connectivity index (χ4v) is 1.29. The number of nitrogens with one attached hydrogen (secondary N) is 1. The minimum Gasteiger partial charge on any atom is -0.488 e. The number of carbonyl (C=O) groups excluding carboxylic acids is 1. The molecular weight excluding hydrogens is 208 g/mol. The highest BCUT2D eigenvalue weighted by atomic mass is 16.5. The number of primary amides is 1. The van der Waals surface area contributed by atoms with E-state index in [-0.39, 0.29) is 6.10 Å². The van der Waals surface area contributed by atoms with Gasteiger partial charge >= 0.3 is 0 Å². The number of nitrogens with two attached hydrogens (primary N) is 1. The largest absolute Gasteiger partial charge is 0.488 e. The second-order valence-corrected chi connectivity index (χ2v) is 3.81. The van der Waals surface area contributed by atoms with Crippen LogP contribution >= 0.6 is 0 Å². The summed E-state index contributed by atoms with van der Waals surface area (Å²) in [6.45, 7) is 4.28. The molecule has 1 aromatic rings. The maximum absolute atomic E-state index is 11.0. The number of likely N-dealkylation sites (N-methyl/N-ethyl adjacent to an activating group) is 1. The highest BCUT2D eigenvalue weighted by Crippen LogP contribution is 2.10. The van der Waals surface area contributed by atoms with E-state index in [2.05, 4.69) is 10.4 Å². The van der Waals surface area contributed by atoms with Crippen LogP contribution < -0.4 is 15.8 Å². The van der Waals surface area contributed by atoms with E-state index in [1.165, 1.54) is 0 Å². The lowest BCUT2D eigenvalue weighted by Crippen LogP contribution is -2.42. The first kappa shape index (κ1) is 12.5. The molecule has 0 aliphatic rings. The minimum absolute atomic E-state index is 0.105. The van der Waals surface area contributed by atoms with Crippen LogP contribution in [0.5, 0.6) is 5.75 Å². The van der Waals surface area contributed by atoms with Gasteiger partial charge in [0.2, 0.25) is 5.91 Å². The molecule has 0 fully saturated rings. The van der Waals surface area contributed by atoms with Gasteiger partial charge in [-0.15, -0.1) is 0 Å². The van der Waals surface area contributed by atoms with Crippen LogP contribution in [0.1, 0.15) is 13.8 Å². The summed E-state index contributed by atoms with van der Waals surface area (Å²) in [5.41, 5.74) is 5.21. The normalized spacial score (nSPS) is 12.8. The summed E-state index contributed by atoms with van der Waals surface area (Å²) in [5.74, 6) is 0.290. The van der Waals surface area contributed by atoms with Crippen molar-refractivity contribution in [1.82, 2.24) is 15.1 Å². The average Bonchev–Trinajstić information content (AvgIpc) is 2.60. The van der Waals surface area contributed by atoms with Crippen molar-refractivity contribution in [2.75, 3.05) is 7.05 Å². The molecule has 1 unspecified atom stereocenters. The standard InChI is InChI=1S/C10H18N4O2/c1-7(2)16-8-4-13-14(5-8)6-9(12-3)10(11)15/h4-5,7,9,12H,6H2,1-3H3,(H2,11,15). The quantitative estimate of drug-likeness (QED) is 0.700. The second kappa shape index (κ2) is 5.50. The van der Waals surface area contributed by atoms with Gasteiger partial charge in [0.15, 0.2) is 5.75 Å². The molecule has 1 rings (SSSR count). The molecular formula is C10H18N4O2. The molecule has 6 heteroatoms. The molecule has 1 heterocycles. The lowest BCUT2D eigenvalue weighted by molar-refractivity contribution is -0.120. The van der Waals surface area contributed by atoms with E-state index in [0.717, 1.165) is 0 Å². The SMILES string of the molecule is CNC(Cn1cc(OC(C)C)cn1)C(N)=O. The summed E-state index contributed by atoms with van der Waals surface area (Å²) in [5, 5.41) is 6.91. The molecule has 1 amide bonds. The van der Waals surface area contributed by atoms with Gasteiger partial charge in [0.1, 0.15) is 6.04 Å². The van der Waals surface area contributed by atoms with E-state index in [0.29, 0.717) is 12.3 Å². The molecule has 1 atom stereocenters. The van der Waals surface area contributed by atoms with Crippen LogP contribution in [0, 0.1) is 0 Å². The highest BCUT2D eigenvalue weighted by Gasteiger charge is 2.14. The van der Waals surface area contributed by atoms with Gasteiger partial charge in [0, 0.05) is 0 Å². The van der Waals surface area contributed by atoms with E-state index in [1.807, 2.05) is 13.8 Å². The van der Waals surface area contributed by atoms with E-state index >= 15 is 0 Å². The Labute approximate surface area is 94.8 Å². The maximum atomic E-state index is 11.0. The predicted octanol–water partition coefficient (Wildman–Crippen LogP) is -0.256. The van der Waals surface area contributed by atoms with Crippen LogP contribution in [0.2, 0.25) is 0 Å². The van der Waals surface area contributed by atoms with Crippen LogP contribution in [0.3, 0.4) is 0 Å². The maximum Gasteiger partial charge on any atom is 0.236 e. The molecule has 0 spiro atoms. The number of hydrogen-bond acceptors (Lipinski definition) is 4. The van der Waals surface area contributed by atoms with Crippen molar-refractivity contribution < 1.29 is 9.53 Å². The summed E-state index contributed by atoms with van der Waals surface area (Å²) in [4.78, 5) is 11.0. The van der Waals surface area contributed by atoms with Gasteiger partial charge in [-0.3, -0.25) is 9.48 Å². The van der Waals surface area contributed by atoms with E-state index in [1.54, 1.807) is 24.1 Å². The number of carbonyl (C=O) groups is 1. The summed E-state index contributed by atoms with van der Waals surface area (Å²) in [7, 11) is 1.68. The Balaban J connectivity index is 2.60. The van der Waals surface area contributed by atoms with Crippen LogP contribution in [0.15, 0.2) is 12.4 Å². The zero-order chi connectivity index (χ0) is 12.1. The van der Waals surface area contributed by atoms with Gasteiger partial charge in [-0.2, -0.15) is 5.10 Å². The lowest BCUT2D eigenvalue weighted by atomic mass is 10.3.